The Kier molecular flexibility index (Phi) is 7.82. The Morgan fingerprint density at radius 2 is 2.00 bits per heavy atom. The summed E-state index contributed by atoms with van der Waals surface area (Å²) in [7, 11) is 0. The summed E-state index contributed by atoms with van der Waals surface area (Å²) < 4.78 is 10.8. The van der Waals surface area contributed by atoms with Crippen LogP contribution in [0, 0.1) is 5.92 Å². The zero-order valence-electron chi connectivity index (χ0n) is 15.1. The summed E-state index contributed by atoms with van der Waals surface area (Å²) in [6.45, 7) is 10.7. The van der Waals surface area contributed by atoms with Crippen LogP contribution in [-0.4, -0.2) is 42.9 Å². The lowest BCUT2D eigenvalue weighted by molar-refractivity contribution is -0.121. The fourth-order valence-electron chi connectivity index (χ4n) is 2.39. The van der Waals surface area contributed by atoms with Crippen LogP contribution in [0.3, 0.4) is 0 Å². The molecule has 2 atom stereocenters. The largest absolute Gasteiger partial charge is 0.444 e. The molecule has 0 saturated carbocycles. The number of nitrogens with one attached hydrogen (secondary N) is 2. The molecule has 0 aromatic rings. The van der Waals surface area contributed by atoms with Gasteiger partial charge < -0.3 is 20.1 Å². The quantitative estimate of drug-likeness (QED) is 0.753. The van der Waals surface area contributed by atoms with Crippen LogP contribution in [0.5, 0.6) is 0 Å². The molecule has 134 valence electrons. The molecule has 0 bridgehead atoms. The van der Waals surface area contributed by atoms with Crippen LogP contribution in [0.2, 0.25) is 0 Å². The zero-order valence-corrected chi connectivity index (χ0v) is 15.1. The molecule has 2 N–H and O–H groups in total. The van der Waals surface area contributed by atoms with Gasteiger partial charge in [0.15, 0.2) is 0 Å². The normalized spacial score (nSPS) is 19.5. The molecule has 1 aliphatic heterocycles. The molecule has 1 saturated heterocycles. The SMILES string of the molecule is CC(C)[C@H](CNC(=O)CC[C@@H]1CCCO1)NC(=O)OC(C)(C)C. The summed E-state index contributed by atoms with van der Waals surface area (Å²) >= 11 is 0. The molecular weight excluding hydrogens is 296 g/mol. The molecule has 0 unspecified atom stereocenters. The molecule has 0 aliphatic carbocycles. The van der Waals surface area contributed by atoms with Crippen LogP contribution in [-0.2, 0) is 14.3 Å². The van der Waals surface area contributed by atoms with Gasteiger partial charge in [0, 0.05) is 19.6 Å². The standard InChI is InChI=1S/C17H32N2O4/c1-12(2)14(19-16(21)23-17(3,4)5)11-18-15(20)9-8-13-7-6-10-22-13/h12-14H,6-11H2,1-5H3,(H,18,20)(H,19,21)/t13-,14-/m0/s1. The number of carbonyl (C=O) groups excluding carboxylic acids is 2. The van der Waals surface area contributed by atoms with Crippen LogP contribution >= 0.6 is 0 Å². The van der Waals surface area contributed by atoms with Gasteiger partial charge in [0.05, 0.1) is 12.1 Å². The van der Waals surface area contributed by atoms with Crippen molar-refractivity contribution in [2.45, 2.75) is 78.0 Å². The molecule has 1 heterocycles. The van der Waals surface area contributed by atoms with E-state index in [0.717, 1.165) is 25.9 Å². The second-order valence-electron chi connectivity index (χ2n) is 7.47. The average molecular weight is 328 g/mol. The van der Waals surface area contributed by atoms with Gasteiger partial charge in [-0.3, -0.25) is 4.79 Å². The van der Waals surface area contributed by atoms with Gasteiger partial charge in [-0.1, -0.05) is 13.8 Å². The van der Waals surface area contributed by atoms with E-state index in [0.29, 0.717) is 13.0 Å². The summed E-state index contributed by atoms with van der Waals surface area (Å²) in [4.78, 5) is 23.8. The number of carbonyl (C=O) groups is 2. The summed E-state index contributed by atoms with van der Waals surface area (Å²) in [6.07, 6.45) is 3.12. The highest BCUT2D eigenvalue weighted by molar-refractivity contribution is 5.76. The molecule has 6 nitrogen and oxygen atoms in total. The summed E-state index contributed by atoms with van der Waals surface area (Å²) in [5.41, 5.74) is -0.532. The zero-order chi connectivity index (χ0) is 17.5. The first kappa shape index (κ1) is 19.7. The van der Waals surface area contributed by atoms with Gasteiger partial charge in [0.2, 0.25) is 5.91 Å². The summed E-state index contributed by atoms with van der Waals surface area (Å²) in [5.74, 6) is 0.193. The van der Waals surface area contributed by atoms with Gasteiger partial charge in [-0.2, -0.15) is 0 Å². The molecule has 0 spiro atoms. The first-order valence-electron chi connectivity index (χ1n) is 8.55. The lowest BCUT2D eigenvalue weighted by Crippen LogP contribution is -2.48. The van der Waals surface area contributed by atoms with E-state index in [1.54, 1.807) is 0 Å². The van der Waals surface area contributed by atoms with E-state index in [9.17, 15) is 9.59 Å². The Morgan fingerprint density at radius 1 is 1.30 bits per heavy atom. The third kappa shape index (κ3) is 8.79. The fourth-order valence-corrected chi connectivity index (χ4v) is 2.39. The Balaban J connectivity index is 2.31. The van der Waals surface area contributed by atoms with Crippen molar-refractivity contribution in [3.63, 3.8) is 0 Å². The molecule has 2 amide bonds. The number of rotatable bonds is 7. The van der Waals surface area contributed by atoms with E-state index < -0.39 is 11.7 Å². The lowest BCUT2D eigenvalue weighted by Gasteiger charge is -2.26. The molecular formula is C17H32N2O4. The van der Waals surface area contributed by atoms with Crippen LogP contribution in [0.1, 0.15) is 60.3 Å². The van der Waals surface area contributed by atoms with Gasteiger partial charge in [-0.05, 0) is 46.0 Å². The third-order valence-electron chi connectivity index (χ3n) is 3.74. The van der Waals surface area contributed by atoms with Crippen LogP contribution < -0.4 is 10.6 Å². The number of hydrogen-bond acceptors (Lipinski definition) is 4. The second-order valence-corrected chi connectivity index (χ2v) is 7.47. The highest BCUT2D eigenvalue weighted by Crippen LogP contribution is 2.16. The second kappa shape index (κ2) is 9.11. The van der Waals surface area contributed by atoms with E-state index in [4.69, 9.17) is 9.47 Å². The first-order chi connectivity index (χ1) is 10.7. The molecule has 0 radical (unpaired) electrons. The van der Waals surface area contributed by atoms with Gasteiger partial charge in [-0.15, -0.1) is 0 Å². The van der Waals surface area contributed by atoms with E-state index in [1.165, 1.54) is 0 Å². The van der Waals surface area contributed by atoms with Crippen molar-refractivity contribution in [2.24, 2.45) is 5.92 Å². The molecule has 1 fully saturated rings. The molecule has 23 heavy (non-hydrogen) atoms. The summed E-state index contributed by atoms with van der Waals surface area (Å²) in [5, 5.41) is 5.72. The smallest absolute Gasteiger partial charge is 0.407 e. The number of alkyl carbamates (subject to hydrolysis) is 1. The van der Waals surface area contributed by atoms with Crippen LogP contribution in [0.25, 0.3) is 0 Å². The Hall–Kier alpha value is -1.30. The molecule has 0 aromatic carbocycles. The van der Waals surface area contributed by atoms with Crippen molar-refractivity contribution in [3.8, 4) is 0 Å². The van der Waals surface area contributed by atoms with Gasteiger partial charge >= 0.3 is 6.09 Å². The van der Waals surface area contributed by atoms with Crippen molar-refractivity contribution in [2.75, 3.05) is 13.2 Å². The average Bonchev–Trinajstić information content (AvgIpc) is 2.92. The van der Waals surface area contributed by atoms with Crippen molar-refractivity contribution in [1.29, 1.82) is 0 Å². The number of hydrogen-bond donors (Lipinski definition) is 2. The topological polar surface area (TPSA) is 76.7 Å². The minimum atomic E-state index is -0.532. The van der Waals surface area contributed by atoms with E-state index in [-0.39, 0.29) is 24.0 Å². The maximum atomic E-state index is 11.9. The van der Waals surface area contributed by atoms with Gasteiger partial charge in [-0.25, -0.2) is 4.79 Å². The minimum Gasteiger partial charge on any atom is -0.444 e. The molecule has 6 heteroatoms. The molecule has 1 aliphatic rings. The summed E-state index contributed by atoms with van der Waals surface area (Å²) in [6, 6.07) is -0.156. The number of amides is 2. The first-order valence-corrected chi connectivity index (χ1v) is 8.55. The van der Waals surface area contributed by atoms with E-state index in [2.05, 4.69) is 10.6 Å². The Bertz CT molecular complexity index is 385. The van der Waals surface area contributed by atoms with E-state index in [1.807, 2.05) is 34.6 Å². The highest BCUT2D eigenvalue weighted by atomic mass is 16.6. The van der Waals surface area contributed by atoms with Gasteiger partial charge in [0.1, 0.15) is 5.60 Å². The predicted molar refractivity (Wildman–Crippen MR) is 89.2 cm³/mol. The Morgan fingerprint density at radius 3 is 2.52 bits per heavy atom. The van der Waals surface area contributed by atoms with Crippen LogP contribution in [0.15, 0.2) is 0 Å². The van der Waals surface area contributed by atoms with Gasteiger partial charge in [0.25, 0.3) is 0 Å². The third-order valence-corrected chi connectivity index (χ3v) is 3.74. The highest BCUT2D eigenvalue weighted by Gasteiger charge is 2.22. The van der Waals surface area contributed by atoms with E-state index >= 15 is 0 Å². The lowest BCUT2D eigenvalue weighted by atomic mass is 10.0. The maximum absolute atomic E-state index is 11.9. The van der Waals surface area contributed by atoms with Crippen LogP contribution in [0.4, 0.5) is 4.79 Å². The fraction of sp³-hybridized carbons (Fsp3) is 0.882. The molecule has 0 aromatic heterocycles. The molecule has 1 rings (SSSR count). The monoisotopic (exact) mass is 328 g/mol. The van der Waals surface area contributed by atoms with Crippen molar-refractivity contribution < 1.29 is 19.1 Å². The van der Waals surface area contributed by atoms with Crippen molar-refractivity contribution in [1.82, 2.24) is 10.6 Å². The Labute approximate surface area is 139 Å². The number of ether oxygens (including phenoxy) is 2. The maximum Gasteiger partial charge on any atom is 0.407 e. The van der Waals surface area contributed by atoms with Crippen molar-refractivity contribution in [3.05, 3.63) is 0 Å². The minimum absolute atomic E-state index is 0.00265. The van der Waals surface area contributed by atoms with Crippen molar-refractivity contribution >= 4 is 12.0 Å². The predicted octanol–water partition coefficient (Wildman–Crippen LogP) is 2.61.